The maximum atomic E-state index is 13.8. The molecule has 1 heterocycles. The molecule has 0 spiro atoms. The quantitative estimate of drug-likeness (QED) is 0.260. The van der Waals surface area contributed by atoms with Crippen LogP contribution in [0, 0.1) is 10.1 Å². The Morgan fingerprint density at radius 1 is 0.854 bits per heavy atom. The zero-order valence-electron chi connectivity index (χ0n) is 23.1. The van der Waals surface area contributed by atoms with Crippen molar-refractivity contribution < 1.29 is 19.6 Å². The molecular formula is C31H37N5O5. The Labute approximate surface area is 240 Å². The van der Waals surface area contributed by atoms with Crippen LogP contribution in [0.2, 0.25) is 0 Å². The number of rotatable bonds is 12. The summed E-state index contributed by atoms with van der Waals surface area (Å²) in [4.78, 5) is 43.3. The third-order valence-electron chi connectivity index (χ3n) is 7.29. The number of aliphatic hydroxyl groups excluding tert-OH is 1. The number of nitro benzene ring substituents is 1. The second kappa shape index (κ2) is 14.9. The van der Waals surface area contributed by atoms with Gasteiger partial charge in [0.15, 0.2) is 0 Å². The zero-order valence-corrected chi connectivity index (χ0v) is 23.1. The number of hydrogen-bond donors (Lipinski definition) is 2. The molecule has 41 heavy (non-hydrogen) atoms. The number of non-ortho nitro benzene ring substituents is 1. The van der Waals surface area contributed by atoms with E-state index in [4.69, 9.17) is 0 Å². The van der Waals surface area contributed by atoms with Gasteiger partial charge in [0, 0.05) is 64.4 Å². The molecule has 3 amide bonds. The van der Waals surface area contributed by atoms with Crippen LogP contribution in [-0.2, 0) is 24.2 Å². The first kappa shape index (κ1) is 29.7. The minimum Gasteiger partial charge on any atom is -0.395 e. The molecule has 2 N–H and O–H groups in total. The molecule has 1 fully saturated rings. The molecule has 4 rings (SSSR count). The number of amides is 3. The van der Waals surface area contributed by atoms with Crippen molar-refractivity contribution >= 4 is 17.6 Å². The molecule has 0 bridgehead atoms. The highest BCUT2D eigenvalue weighted by Gasteiger charge is 2.30. The van der Waals surface area contributed by atoms with E-state index in [1.54, 1.807) is 17.0 Å². The van der Waals surface area contributed by atoms with E-state index in [2.05, 4.69) is 22.3 Å². The van der Waals surface area contributed by atoms with Crippen molar-refractivity contribution in [2.24, 2.45) is 0 Å². The number of nitrogens with one attached hydrogen (secondary N) is 1. The Kier molecular flexibility index (Phi) is 10.8. The maximum absolute atomic E-state index is 13.8. The Morgan fingerprint density at radius 2 is 1.46 bits per heavy atom. The molecule has 1 aliphatic heterocycles. The third kappa shape index (κ3) is 8.86. The van der Waals surface area contributed by atoms with Crippen molar-refractivity contribution in [2.75, 3.05) is 45.9 Å². The highest BCUT2D eigenvalue weighted by molar-refractivity contribution is 5.87. The number of carbonyl (C=O) groups excluding carboxylic acids is 2. The van der Waals surface area contributed by atoms with E-state index in [0.717, 1.165) is 12.1 Å². The Hall–Kier alpha value is -4.28. The molecule has 3 aromatic carbocycles. The summed E-state index contributed by atoms with van der Waals surface area (Å²) in [5.41, 5.74) is 2.95. The monoisotopic (exact) mass is 559 g/mol. The summed E-state index contributed by atoms with van der Waals surface area (Å²) in [7, 11) is 0. The number of carbonyl (C=O) groups is 2. The molecular weight excluding hydrogens is 522 g/mol. The fourth-order valence-electron chi connectivity index (χ4n) is 4.96. The molecule has 3 aromatic rings. The van der Waals surface area contributed by atoms with Gasteiger partial charge in [0.05, 0.1) is 11.5 Å². The summed E-state index contributed by atoms with van der Waals surface area (Å²) >= 11 is 0. The lowest BCUT2D eigenvalue weighted by Crippen LogP contribution is -2.57. The maximum Gasteiger partial charge on any atom is 0.318 e. The Morgan fingerprint density at radius 3 is 2.05 bits per heavy atom. The van der Waals surface area contributed by atoms with Crippen molar-refractivity contribution in [3.8, 4) is 0 Å². The average Bonchev–Trinajstić information content (AvgIpc) is 3.00. The smallest absolute Gasteiger partial charge is 0.318 e. The molecule has 10 heteroatoms. The number of benzene rings is 3. The van der Waals surface area contributed by atoms with Crippen LogP contribution in [0.3, 0.4) is 0 Å². The van der Waals surface area contributed by atoms with Gasteiger partial charge < -0.3 is 20.2 Å². The summed E-state index contributed by atoms with van der Waals surface area (Å²) < 4.78 is 0. The van der Waals surface area contributed by atoms with E-state index in [-0.39, 0.29) is 31.2 Å². The third-order valence-corrected chi connectivity index (χ3v) is 7.29. The van der Waals surface area contributed by atoms with Crippen molar-refractivity contribution in [1.82, 2.24) is 20.0 Å². The highest BCUT2D eigenvalue weighted by atomic mass is 16.6. The molecule has 1 atom stereocenters. The standard InChI is InChI=1S/C31H37N5O5/c37-22-21-35(16-15-25-7-3-1-4-8-25)31(39)32-29(23-26-11-13-28(14-12-26)36(40)41)30(38)34-19-17-33(18-20-34)24-27-9-5-2-6-10-27/h1-14,29,37H,15-24H2,(H,32,39)/t29-/m0/s1. The van der Waals surface area contributed by atoms with E-state index < -0.39 is 17.0 Å². The molecule has 0 aliphatic carbocycles. The number of hydrogen-bond acceptors (Lipinski definition) is 6. The van der Waals surface area contributed by atoms with E-state index in [9.17, 15) is 24.8 Å². The molecule has 216 valence electrons. The predicted octanol–water partition coefficient (Wildman–Crippen LogP) is 3.10. The van der Waals surface area contributed by atoms with Crippen LogP contribution < -0.4 is 5.32 Å². The molecule has 1 aliphatic rings. The van der Waals surface area contributed by atoms with Gasteiger partial charge in [0.25, 0.3) is 5.69 Å². The summed E-state index contributed by atoms with van der Waals surface area (Å²) in [5, 5.41) is 23.6. The van der Waals surface area contributed by atoms with Crippen LogP contribution >= 0.6 is 0 Å². The van der Waals surface area contributed by atoms with Crippen molar-refractivity contribution in [3.05, 3.63) is 112 Å². The zero-order chi connectivity index (χ0) is 29.0. The fraction of sp³-hybridized carbons (Fsp3) is 0.355. The van der Waals surface area contributed by atoms with Crippen LogP contribution in [0.15, 0.2) is 84.9 Å². The minimum atomic E-state index is -0.859. The van der Waals surface area contributed by atoms with Crippen molar-refractivity contribution in [1.29, 1.82) is 0 Å². The average molecular weight is 560 g/mol. The second-order valence-electron chi connectivity index (χ2n) is 10.2. The normalized spacial score (nSPS) is 14.3. The summed E-state index contributed by atoms with van der Waals surface area (Å²) in [6, 6.07) is 24.7. The Bertz CT molecular complexity index is 1270. The van der Waals surface area contributed by atoms with Crippen LogP contribution in [0.1, 0.15) is 16.7 Å². The number of piperazine rings is 1. The van der Waals surface area contributed by atoms with E-state index >= 15 is 0 Å². The largest absolute Gasteiger partial charge is 0.395 e. The first-order valence-electron chi connectivity index (χ1n) is 13.9. The predicted molar refractivity (Wildman–Crippen MR) is 156 cm³/mol. The van der Waals surface area contributed by atoms with Gasteiger partial charge in [0.2, 0.25) is 5.91 Å². The SMILES string of the molecule is O=C(N[C@@H](Cc1ccc([N+](=O)[O-])cc1)C(=O)N1CCN(Cc2ccccc2)CC1)N(CCO)CCc1ccccc1. The van der Waals surface area contributed by atoms with Gasteiger partial charge in [-0.05, 0) is 23.1 Å². The van der Waals surface area contributed by atoms with Gasteiger partial charge in [-0.2, -0.15) is 0 Å². The van der Waals surface area contributed by atoms with Gasteiger partial charge in [-0.1, -0.05) is 72.8 Å². The number of urea groups is 1. The first-order valence-corrected chi connectivity index (χ1v) is 13.9. The lowest BCUT2D eigenvalue weighted by atomic mass is 10.0. The lowest BCUT2D eigenvalue weighted by Gasteiger charge is -2.37. The van der Waals surface area contributed by atoms with Crippen LogP contribution in [-0.4, -0.2) is 88.6 Å². The topological polar surface area (TPSA) is 119 Å². The highest BCUT2D eigenvalue weighted by Crippen LogP contribution is 2.16. The first-order chi connectivity index (χ1) is 19.9. The molecule has 10 nitrogen and oxygen atoms in total. The second-order valence-corrected chi connectivity index (χ2v) is 10.2. The van der Waals surface area contributed by atoms with Gasteiger partial charge in [0.1, 0.15) is 6.04 Å². The van der Waals surface area contributed by atoms with Gasteiger partial charge >= 0.3 is 6.03 Å². The minimum absolute atomic E-state index is 0.0368. The molecule has 0 radical (unpaired) electrons. The van der Waals surface area contributed by atoms with Gasteiger partial charge in [-0.3, -0.25) is 19.8 Å². The lowest BCUT2D eigenvalue weighted by molar-refractivity contribution is -0.384. The summed E-state index contributed by atoms with van der Waals surface area (Å²) in [5.74, 6) is -0.192. The number of nitrogens with zero attached hydrogens (tertiary/aromatic N) is 4. The van der Waals surface area contributed by atoms with Gasteiger partial charge in [-0.25, -0.2) is 4.79 Å². The fourth-order valence-corrected chi connectivity index (χ4v) is 4.96. The molecule has 0 unspecified atom stereocenters. The van der Waals surface area contributed by atoms with Crippen LogP contribution in [0.25, 0.3) is 0 Å². The van der Waals surface area contributed by atoms with E-state index in [1.165, 1.54) is 22.6 Å². The van der Waals surface area contributed by atoms with Crippen LogP contribution in [0.4, 0.5) is 10.5 Å². The molecule has 0 aromatic heterocycles. The van der Waals surface area contributed by atoms with Crippen LogP contribution in [0.5, 0.6) is 0 Å². The van der Waals surface area contributed by atoms with Crippen molar-refractivity contribution in [2.45, 2.75) is 25.4 Å². The van der Waals surface area contributed by atoms with E-state index in [1.807, 2.05) is 48.5 Å². The number of nitro groups is 1. The summed E-state index contributed by atoms with van der Waals surface area (Å²) in [6.07, 6.45) is 0.803. The van der Waals surface area contributed by atoms with Crippen molar-refractivity contribution in [3.63, 3.8) is 0 Å². The van der Waals surface area contributed by atoms with Gasteiger partial charge in [-0.15, -0.1) is 0 Å². The number of aliphatic hydroxyl groups is 1. The Balaban J connectivity index is 1.43. The molecule has 1 saturated heterocycles. The van der Waals surface area contributed by atoms with E-state index in [0.29, 0.717) is 44.7 Å². The molecule has 0 saturated carbocycles. The summed E-state index contributed by atoms with van der Waals surface area (Å²) in [6.45, 7) is 3.62.